The second-order valence-electron chi connectivity index (χ2n) is 5.86. The molecule has 0 aliphatic heterocycles. The zero-order chi connectivity index (χ0) is 18.8. The van der Waals surface area contributed by atoms with Crippen molar-refractivity contribution in [3.63, 3.8) is 0 Å². The Hall–Kier alpha value is -2.77. The Morgan fingerprint density at radius 3 is 2.56 bits per heavy atom. The predicted molar refractivity (Wildman–Crippen MR) is 112 cm³/mol. The molecule has 2 aromatic heterocycles. The Labute approximate surface area is 168 Å². The van der Waals surface area contributed by atoms with Crippen molar-refractivity contribution >= 4 is 38.3 Å². The number of anilines is 1. The lowest BCUT2D eigenvalue weighted by Gasteiger charge is -2.03. The van der Waals surface area contributed by atoms with E-state index in [1.807, 2.05) is 66.3 Å². The number of carbonyl (C=O) groups is 1. The maximum Gasteiger partial charge on any atom is 0.258 e. The molecule has 27 heavy (non-hydrogen) atoms. The van der Waals surface area contributed by atoms with Crippen LogP contribution in [0.25, 0.3) is 22.0 Å². The lowest BCUT2D eigenvalue weighted by molar-refractivity contribution is 0.102. The van der Waals surface area contributed by atoms with Crippen molar-refractivity contribution in [2.45, 2.75) is 0 Å². The van der Waals surface area contributed by atoms with E-state index < -0.39 is 0 Å². The fourth-order valence-corrected chi connectivity index (χ4v) is 4.20. The van der Waals surface area contributed by atoms with E-state index >= 15 is 0 Å². The molecule has 5 nitrogen and oxygen atoms in total. The summed E-state index contributed by atoms with van der Waals surface area (Å²) >= 11 is 4.83. The van der Waals surface area contributed by atoms with Gasteiger partial charge in [0.1, 0.15) is 0 Å². The maximum absolute atomic E-state index is 12.7. The van der Waals surface area contributed by atoms with Crippen molar-refractivity contribution < 1.29 is 4.79 Å². The summed E-state index contributed by atoms with van der Waals surface area (Å²) in [5, 5.41) is 3.45. The van der Waals surface area contributed by atoms with E-state index in [0.717, 1.165) is 26.4 Å². The van der Waals surface area contributed by atoms with Crippen molar-refractivity contribution in [3.8, 4) is 22.0 Å². The third-order valence-corrected chi connectivity index (χ3v) is 5.70. The topological polar surface area (TPSA) is 59.8 Å². The molecule has 2 heterocycles. The molecule has 134 valence electrons. The molecular formula is C20H15BrN4OS. The second kappa shape index (κ2) is 7.46. The molecule has 7 heteroatoms. The Kier molecular flexibility index (Phi) is 4.87. The minimum absolute atomic E-state index is 0.206. The number of benzene rings is 2. The van der Waals surface area contributed by atoms with E-state index in [1.165, 1.54) is 11.3 Å². The highest BCUT2D eigenvalue weighted by Crippen LogP contribution is 2.38. The van der Waals surface area contributed by atoms with Gasteiger partial charge in [0, 0.05) is 29.5 Å². The first-order chi connectivity index (χ1) is 13.1. The van der Waals surface area contributed by atoms with E-state index in [0.29, 0.717) is 10.7 Å². The number of imidazole rings is 1. The van der Waals surface area contributed by atoms with Gasteiger partial charge < -0.3 is 4.57 Å². The monoisotopic (exact) mass is 438 g/mol. The van der Waals surface area contributed by atoms with Crippen molar-refractivity contribution in [2.75, 3.05) is 5.32 Å². The molecular weight excluding hydrogens is 424 g/mol. The van der Waals surface area contributed by atoms with Gasteiger partial charge >= 0.3 is 0 Å². The largest absolute Gasteiger partial charge is 0.333 e. The van der Waals surface area contributed by atoms with Gasteiger partial charge in [0.15, 0.2) is 11.0 Å². The van der Waals surface area contributed by atoms with Gasteiger partial charge in [0.2, 0.25) is 0 Å². The Morgan fingerprint density at radius 1 is 1.11 bits per heavy atom. The van der Waals surface area contributed by atoms with Crippen LogP contribution in [0.3, 0.4) is 0 Å². The van der Waals surface area contributed by atoms with Crippen LogP contribution in [0, 0.1) is 0 Å². The number of nitrogens with one attached hydrogen (secondary N) is 1. The zero-order valence-electron chi connectivity index (χ0n) is 14.4. The summed E-state index contributed by atoms with van der Waals surface area (Å²) in [5.41, 5.74) is 2.35. The SMILES string of the molecule is Cn1ccnc1-c1sc(NC(=O)c2ccccc2Br)nc1-c1ccccc1. The van der Waals surface area contributed by atoms with Crippen molar-refractivity contribution in [1.82, 2.24) is 14.5 Å². The van der Waals surface area contributed by atoms with Crippen LogP contribution >= 0.6 is 27.3 Å². The highest BCUT2D eigenvalue weighted by molar-refractivity contribution is 9.10. The van der Waals surface area contributed by atoms with Gasteiger partial charge in [-0.15, -0.1) is 0 Å². The van der Waals surface area contributed by atoms with Gasteiger partial charge in [-0.3, -0.25) is 10.1 Å². The first kappa shape index (κ1) is 17.6. The van der Waals surface area contributed by atoms with Crippen molar-refractivity contribution in [3.05, 3.63) is 77.0 Å². The normalized spacial score (nSPS) is 10.7. The summed E-state index contributed by atoms with van der Waals surface area (Å²) in [6.07, 6.45) is 3.65. The van der Waals surface area contributed by atoms with Crippen LogP contribution in [0.2, 0.25) is 0 Å². The highest BCUT2D eigenvalue weighted by atomic mass is 79.9. The van der Waals surface area contributed by atoms with Crippen LogP contribution in [0.15, 0.2) is 71.5 Å². The van der Waals surface area contributed by atoms with Gasteiger partial charge in [-0.25, -0.2) is 9.97 Å². The lowest BCUT2D eigenvalue weighted by atomic mass is 10.1. The van der Waals surface area contributed by atoms with Crippen molar-refractivity contribution in [2.24, 2.45) is 7.05 Å². The Morgan fingerprint density at radius 2 is 1.85 bits per heavy atom. The molecule has 0 saturated heterocycles. The number of aryl methyl sites for hydroxylation is 1. The predicted octanol–water partition coefficient (Wildman–Crippen LogP) is 5.23. The van der Waals surface area contributed by atoms with Gasteiger partial charge in [0.25, 0.3) is 5.91 Å². The van der Waals surface area contributed by atoms with Crippen LogP contribution in [0.1, 0.15) is 10.4 Å². The van der Waals surface area contributed by atoms with E-state index in [-0.39, 0.29) is 5.91 Å². The van der Waals surface area contributed by atoms with Gasteiger partial charge in [-0.1, -0.05) is 53.8 Å². The first-order valence-corrected chi connectivity index (χ1v) is 9.84. The quantitative estimate of drug-likeness (QED) is 0.474. The summed E-state index contributed by atoms with van der Waals surface area (Å²) < 4.78 is 2.69. The van der Waals surface area contributed by atoms with Crippen LogP contribution in [0.5, 0.6) is 0 Å². The smallest absolute Gasteiger partial charge is 0.258 e. The summed E-state index contributed by atoms with van der Waals surface area (Å²) in [6.45, 7) is 0. The molecule has 0 saturated carbocycles. The molecule has 1 amide bonds. The number of rotatable bonds is 4. The minimum atomic E-state index is -0.206. The molecule has 4 rings (SSSR count). The van der Waals surface area contributed by atoms with Crippen LogP contribution in [0.4, 0.5) is 5.13 Å². The molecule has 0 fully saturated rings. The van der Waals surface area contributed by atoms with E-state index in [1.54, 1.807) is 12.3 Å². The lowest BCUT2D eigenvalue weighted by Crippen LogP contribution is -2.12. The third kappa shape index (κ3) is 3.56. The highest BCUT2D eigenvalue weighted by Gasteiger charge is 2.20. The molecule has 0 atom stereocenters. The van der Waals surface area contributed by atoms with Gasteiger partial charge in [0.05, 0.1) is 16.1 Å². The summed E-state index contributed by atoms with van der Waals surface area (Å²) in [6, 6.07) is 17.2. The Bertz CT molecular complexity index is 1100. The molecule has 0 aliphatic carbocycles. The number of nitrogens with zero attached hydrogens (tertiary/aromatic N) is 3. The Balaban J connectivity index is 1.75. The van der Waals surface area contributed by atoms with Crippen molar-refractivity contribution in [1.29, 1.82) is 0 Å². The van der Waals surface area contributed by atoms with Crippen LogP contribution in [-0.2, 0) is 7.05 Å². The molecule has 0 aliphatic rings. The summed E-state index contributed by atoms with van der Waals surface area (Å²) in [4.78, 5) is 22.7. The average molecular weight is 439 g/mol. The fourth-order valence-electron chi connectivity index (χ4n) is 2.71. The van der Waals surface area contributed by atoms with E-state index in [2.05, 4.69) is 26.2 Å². The molecule has 4 aromatic rings. The van der Waals surface area contributed by atoms with E-state index in [4.69, 9.17) is 4.98 Å². The summed E-state index contributed by atoms with van der Waals surface area (Å²) in [7, 11) is 1.94. The molecule has 0 bridgehead atoms. The number of carbonyl (C=O) groups excluding carboxylic acids is 1. The maximum atomic E-state index is 12.7. The molecule has 0 spiro atoms. The standard InChI is InChI=1S/C20H15BrN4OS/c1-25-12-11-22-18(25)17-16(13-7-3-2-4-8-13)23-20(27-17)24-19(26)14-9-5-6-10-15(14)21/h2-12H,1H3,(H,23,24,26). The summed E-state index contributed by atoms with van der Waals surface area (Å²) in [5.74, 6) is 0.606. The number of hydrogen-bond donors (Lipinski definition) is 1. The number of thiazole rings is 1. The molecule has 2 aromatic carbocycles. The molecule has 0 radical (unpaired) electrons. The molecule has 0 unspecified atom stereocenters. The zero-order valence-corrected chi connectivity index (χ0v) is 16.8. The number of amides is 1. The first-order valence-electron chi connectivity index (χ1n) is 8.23. The van der Waals surface area contributed by atoms with Gasteiger partial charge in [-0.05, 0) is 28.1 Å². The minimum Gasteiger partial charge on any atom is -0.333 e. The number of hydrogen-bond acceptors (Lipinski definition) is 4. The fraction of sp³-hybridized carbons (Fsp3) is 0.0500. The van der Waals surface area contributed by atoms with Crippen LogP contribution < -0.4 is 5.32 Å². The molecule has 1 N–H and O–H groups in total. The van der Waals surface area contributed by atoms with Gasteiger partial charge in [-0.2, -0.15) is 0 Å². The third-order valence-electron chi connectivity index (χ3n) is 4.04. The number of aromatic nitrogens is 3. The second-order valence-corrected chi connectivity index (χ2v) is 7.71. The van der Waals surface area contributed by atoms with Crippen LogP contribution in [-0.4, -0.2) is 20.4 Å². The van der Waals surface area contributed by atoms with E-state index in [9.17, 15) is 4.79 Å². The average Bonchev–Trinajstić information content (AvgIpc) is 3.28. The number of halogens is 1.